The van der Waals surface area contributed by atoms with Crippen molar-refractivity contribution in [1.82, 2.24) is 15.0 Å². The maximum atomic E-state index is 10.9. The summed E-state index contributed by atoms with van der Waals surface area (Å²) in [5.74, 6) is 19.9. The van der Waals surface area contributed by atoms with Crippen molar-refractivity contribution in [2.24, 2.45) is 31.0 Å². The summed E-state index contributed by atoms with van der Waals surface area (Å²) in [6, 6.07) is 44.6. The topological polar surface area (TPSA) is 152 Å². The van der Waals surface area contributed by atoms with Crippen LogP contribution in [0.5, 0.6) is 28.7 Å². The van der Waals surface area contributed by atoms with Crippen molar-refractivity contribution in [3.05, 3.63) is 229 Å². The van der Waals surface area contributed by atoms with E-state index in [-0.39, 0.29) is 54.1 Å². The van der Waals surface area contributed by atoms with Crippen LogP contribution in [0.15, 0.2) is 173 Å². The average molecular weight is 2410 g/mol. The quantitative estimate of drug-likeness (QED) is 0.0203. The summed E-state index contributed by atoms with van der Waals surface area (Å²) in [4.78, 5) is 0. The fourth-order valence-corrected chi connectivity index (χ4v) is 17.6. The summed E-state index contributed by atoms with van der Waals surface area (Å²) in [5.41, 5.74) is 18.4. The van der Waals surface area contributed by atoms with Gasteiger partial charge in [0.05, 0.1) is 17.1 Å². The first-order valence-electron chi connectivity index (χ1n) is 49.1. The van der Waals surface area contributed by atoms with Gasteiger partial charge in [-0.25, -0.2) is 0 Å². The molecule has 139 heavy (non-hydrogen) atoms. The third-order valence-corrected chi connectivity index (χ3v) is 28.4. The molecule has 8 aromatic carbocycles. The zero-order valence-corrected chi connectivity index (χ0v) is 107. The van der Waals surface area contributed by atoms with Crippen LogP contribution in [0.25, 0.3) is 0 Å². The highest BCUT2D eigenvalue weighted by molar-refractivity contribution is 14.1. The molecular formula is C117H176Br2I3N9O5Si3. The Morgan fingerprint density at radius 2 is 0.475 bits per heavy atom. The van der Waals surface area contributed by atoms with Crippen molar-refractivity contribution >= 4 is 142 Å². The van der Waals surface area contributed by atoms with Gasteiger partial charge in [0, 0.05) is 111 Å². The van der Waals surface area contributed by atoms with Crippen molar-refractivity contribution in [3.8, 4) is 64.8 Å². The van der Waals surface area contributed by atoms with Gasteiger partial charge in [-0.2, -0.15) is 0 Å². The Morgan fingerprint density at radius 3 is 0.669 bits per heavy atom. The number of alkyl halides is 2. The molecule has 766 valence electrons. The molecule has 0 saturated carbocycles. The Kier molecular flexibility index (Phi) is 50.4. The van der Waals surface area contributed by atoms with Crippen molar-refractivity contribution in [2.45, 2.75) is 362 Å². The van der Waals surface area contributed by atoms with Gasteiger partial charge in [0.1, 0.15) is 28.7 Å². The Balaban J connectivity index is 0.000000573. The first kappa shape index (κ1) is 129. The fourth-order valence-electron chi connectivity index (χ4n) is 13.6. The van der Waals surface area contributed by atoms with Gasteiger partial charge in [0.15, 0.2) is 0 Å². The molecule has 0 heterocycles. The van der Waals surface area contributed by atoms with E-state index in [4.69, 9.17) is 19.7 Å². The molecule has 0 saturated heterocycles. The SMILES string of the molecule is C#Cc1ccc(N=NN(CC)CC)cc1.CC(C)(C)c1cc(Br)cc(C(C)(C)C)c1O.CC(C)(C)c1cc(Br)cc(C(C)(C)C)c1O[Si](C)(C)C.CC(C)(C)c1cc(I)cc(C(C)(C)C)c1O[Si](C)(C)C.CCN(CC)N=Nc1ccc(C#Cc2cc(C(C)(C)C)c(O)c(C(C)(C)C)c2)cc1.CCN(CC)N=Nc1ccc(C#Cc2cc(C(C)(C)C)c(O[Si](C)(C)C)c(C(C)(C)C)c2)cc1.ICCI. The number of rotatable bonds is 19. The van der Waals surface area contributed by atoms with E-state index in [1.54, 1.807) is 0 Å². The van der Waals surface area contributed by atoms with Crippen molar-refractivity contribution in [1.29, 1.82) is 0 Å². The Labute approximate surface area is 907 Å². The van der Waals surface area contributed by atoms with Crippen LogP contribution in [0.4, 0.5) is 17.1 Å². The van der Waals surface area contributed by atoms with Gasteiger partial charge in [0.25, 0.3) is 0 Å². The van der Waals surface area contributed by atoms with Crippen LogP contribution in [0.2, 0.25) is 58.9 Å². The van der Waals surface area contributed by atoms with Gasteiger partial charge in [-0.15, -0.1) is 21.8 Å². The molecule has 0 aliphatic carbocycles. The molecule has 0 spiro atoms. The molecule has 2 N–H and O–H groups in total. The molecule has 0 fully saturated rings. The number of nitrogens with zero attached hydrogens (tertiary/aromatic N) is 9. The smallest absolute Gasteiger partial charge is 0.242 e. The summed E-state index contributed by atoms with van der Waals surface area (Å²) in [7, 11) is -5.08. The van der Waals surface area contributed by atoms with Crippen LogP contribution in [-0.2, 0) is 54.1 Å². The maximum Gasteiger partial charge on any atom is 0.242 e. The van der Waals surface area contributed by atoms with E-state index in [1.165, 1.54) is 45.8 Å². The molecule has 0 radical (unpaired) electrons. The lowest BCUT2D eigenvalue weighted by molar-refractivity contribution is 0.301. The first-order chi connectivity index (χ1) is 63.3. The molecule has 0 aromatic heterocycles. The lowest BCUT2D eigenvalue weighted by Gasteiger charge is -2.33. The molecular weight excluding hydrogens is 2240 g/mol. The third-order valence-electron chi connectivity index (χ3n) is 21.3. The molecule has 8 aromatic rings. The summed E-state index contributed by atoms with van der Waals surface area (Å²) < 4.78 is 25.7. The van der Waals surface area contributed by atoms with Crippen LogP contribution in [0, 0.1) is 39.6 Å². The Hall–Kier alpha value is -6.56. The second-order valence-corrected chi connectivity index (χ2v) is 66.6. The minimum Gasteiger partial charge on any atom is -0.544 e. The highest BCUT2D eigenvalue weighted by Crippen LogP contribution is 2.48. The molecule has 8 rings (SSSR count). The van der Waals surface area contributed by atoms with Crippen molar-refractivity contribution in [2.75, 3.05) is 48.1 Å². The second kappa shape index (κ2) is 54.6. The van der Waals surface area contributed by atoms with E-state index < -0.39 is 25.0 Å². The molecule has 0 aliphatic heterocycles. The number of halogens is 5. The number of phenols is 2. The van der Waals surface area contributed by atoms with E-state index in [0.29, 0.717) is 11.5 Å². The summed E-state index contributed by atoms with van der Waals surface area (Å²) in [5, 5.41) is 52.2. The van der Waals surface area contributed by atoms with Gasteiger partial charge in [0.2, 0.25) is 25.0 Å². The van der Waals surface area contributed by atoms with Crippen LogP contribution in [-0.4, -0.2) is 98.3 Å². The number of benzene rings is 8. The highest BCUT2D eigenvalue weighted by Gasteiger charge is 2.36. The maximum absolute atomic E-state index is 10.9. The summed E-state index contributed by atoms with van der Waals surface area (Å²) in [6.45, 7) is 104. The Morgan fingerprint density at radius 1 is 0.295 bits per heavy atom. The normalized spacial score (nSPS) is 12.3. The van der Waals surface area contributed by atoms with Crippen molar-refractivity contribution < 1.29 is 23.5 Å². The number of phenolic OH excluding ortho intramolecular Hbond substituents is 2. The number of terminal acetylenes is 1. The van der Waals surface area contributed by atoms with Crippen LogP contribution >= 0.6 is 99.6 Å². The van der Waals surface area contributed by atoms with Crippen LogP contribution < -0.4 is 13.3 Å². The molecule has 0 atom stereocenters. The third kappa shape index (κ3) is 46.2. The van der Waals surface area contributed by atoms with Crippen molar-refractivity contribution in [3.63, 3.8) is 0 Å². The Bertz CT molecular complexity index is 5220. The van der Waals surface area contributed by atoms with E-state index in [9.17, 15) is 10.2 Å². The second-order valence-electron chi connectivity index (χ2n) is 48.1. The minimum absolute atomic E-state index is 0.0478. The molecule has 0 bridgehead atoms. The molecule has 14 nitrogen and oxygen atoms in total. The van der Waals surface area contributed by atoms with Gasteiger partial charge in [-0.3, -0.25) is 15.0 Å². The van der Waals surface area contributed by atoms with Gasteiger partial charge in [-0.05, 0) is 344 Å². The number of aromatic hydroxyl groups is 2. The van der Waals surface area contributed by atoms with E-state index in [0.717, 1.165) is 133 Å². The zero-order valence-electron chi connectivity index (χ0n) is 94.0. The van der Waals surface area contributed by atoms with Crippen LogP contribution in [0.1, 0.15) is 333 Å². The average Bonchev–Trinajstić information content (AvgIpc) is 0.782. The predicted octanol–water partition coefficient (Wildman–Crippen LogP) is 36.9. The van der Waals surface area contributed by atoms with E-state index in [1.807, 2.05) is 126 Å². The number of hydrogen-bond donors (Lipinski definition) is 2. The molecule has 22 heteroatoms. The highest BCUT2D eigenvalue weighted by atomic mass is 127. The fraction of sp³-hybridized carbons (Fsp3) is 0.538. The van der Waals surface area contributed by atoms with E-state index >= 15 is 0 Å². The summed E-state index contributed by atoms with van der Waals surface area (Å²) in [6.07, 6.45) is 5.25. The molecule has 0 amide bonds. The van der Waals surface area contributed by atoms with E-state index in [2.05, 4.69) is 491 Å². The number of hydrogen-bond acceptors (Lipinski definition) is 11. The lowest BCUT2D eigenvalue weighted by Crippen LogP contribution is -2.32. The minimum atomic E-state index is -1.79. The van der Waals surface area contributed by atoms with Gasteiger partial charge in [-0.1, -0.05) is 330 Å². The first-order valence-corrected chi connectivity index (χ1v) is 65.0. The largest absolute Gasteiger partial charge is 0.544 e. The standard InChI is InChI=1S/C29H43N3OSi.C26H35N3O.C17H29BrOSi.C17H29IOSi.C14H21BrO.C12H15N3.C2H4I2/c1-12-32(13-2)31-30-24-18-16-22(17-19-24)14-15-23-20-25(28(3,4)5)27(33-34(9,10)11)26(21-23)29(6,7)8;1-9-29(10-2)28-27-21-15-13-19(14-16-21)11-12-20-17-22(25(3,4)5)24(30)23(18-20)26(6,7)8;2*1-16(2,3)13-10-12(18)11-14(17(4,5)6)15(13)19-20(7,8)9;1-13(2,3)10-7-9(15)8-11(12(10)16)14(4,5)6;1-4-11-7-9-12(10-8-11)13-14-15(5-2)6-3;3-1-2-4/h16-21H,12-13H2,1-11H3;13-18,30H,9-10H2,1-8H3;2*10-11H,1-9H3;7-8,16H,1-6H3;1,7-10H,5-6H2,2-3H3;1-2H2. The monoisotopic (exact) mass is 2410 g/mol. The van der Waals surface area contributed by atoms with Gasteiger partial charge < -0.3 is 23.5 Å². The molecule has 0 unspecified atom stereocenters. The zero-order chi connectivity index (χ0) is 107. The predicted molar refractivity (Wildman–Crippen MR) is 642 cm³/mol. The van der Waals surface area contributed by atoms with Crippen LogP contribution in [0.3, 0.4) is 0 Å². The van der Waals surface area contributed by atoms with Gasteiger partial charge >= 0.3 is 0 Å². The molecule has 0 aliphatic rings. The lowest BCUT2D eigenvalue weighted by atomic mass is 9.78. The summed E-state index contributed by atoms with van der Waals surface area (Å²) >= 11 is 14.3.